The van der Waals surface area contributed by atoms with Crippen LogP contribution in [-0.2, 0) is 16.1 Å². The normalized spacial score (nSPS) is 32.9. The van der Waals surface area contributed by atoms with Crippen LogP contribution in [0.3, 0.4) is 0 Å². The van der Waals surface area contributed by atoms with E-state index in [4.69, 9.17) is 9.73 Å². The Morgan fingerprint density at radius 1 is 1.13 bits per heavy atom. The number of aromatic nitrogens is 1. The number of fused-ring (bicyclic) bond motifs is 1. The maximum absolute atomic E-state index is 13.7. The number of rotatable bonds is 4. The van der Waals surface area contributed by atoms with Crippen molar-refractivity contribution in [2.24, 2.45) is 22.7 Å². The molecule has 2 bridgehead atoms. The number of carbonyl (C=O) groups excluding carboxylic acids is 1. The second kappa shape index (κ2) is 7.31. The van der Waals surface area contributed by atoms with E-state index in [1.807, 2.05) is 23.1 Å². The van der Waals surface area contributed by atoms with Crippen LogP contribution < -0.4 is 0 Å². The predicted octanol–water partition coefficient (Wildman–Crippen LogP) is 4.40. The largest absolute Gasteiger partial charge is 0.325 e. The number of aliphatic imine (C=N–C) groups is 1. The van der Waals surface area contributed by atoms with Crippen molar-refractivity contribution in [3.8, 4) is 0 Å². The Labute approximate surface area is 178 Å². The highest BCUT2D eigenvalue weighted by molar-refractivity contribution is 6.01. The van der Waals surface area contributed by atoms with Crippen LogP contribution in [-0.4, -0.2) is 33.5 Å². The molecular formula is C25H29N3O2. The Morgan fingerprint density at radius 2 is 1.87 bits per heavy atom. The van der Waals surface area contributed by atoms with Gasteiger partial charge in [-0.2, -0.15) is 0 Å². The highest BCUT2D eigenvalue weighted by Gasteiger charge is 2.62. The molecule has 1 aliphatic carbocycles. The number of likely N-dealkylation sites (tertiary alicyclic amines) is 1. The number of hydrogen-bond acceptors (Lipinski definition) is 4. The van der Waals surface area contributed by atoms with Crippen LogP contribution in [0.1, 0.15) is 50.7 Å². The van der Waals surface area contributed by atoms with Crippen molar-refractivity contribution in [1.82, 2.24) is 9.88 Å². The summed E-state index contributed by atoms with van der Waals surface area (Å²) < 4.78 is 6.66. The van der Waals surface area contributed by atoms with E-state index in [0.29, 0.717) is 13.0 Å². The smallest absolute Gasteiger partial charge is 0.229 e. The summed E-state index contributed by atoms with van der Waals surface area (Å²) in [6.07, 6.45) is 4.90. The molecule has 1 aromatic heterocycles. The van der Waals surface area contributed by atoms with Crippen LogP contribution >= 0.6 is 0 Å². The number of benzene rings is 1. The first-order chi connectivity index (χ1) is 14.5. The van der Waals surface area contributed by atoms with Crippen molar-refractivity contribution in [3.05, 3.63) is 66.0 Å². The van der Waals surface area contributed by atoms with E-state index >= 15 is 0 Å². The lowest BCUT2D eigenvalue weighted by Gasteiger charge is -2.38. The number of pyridine rings is 1. The minimum Gasteiger partial charge on any atom is -0.325 e. The van der Waals surface area contributed by atoms with E-state index in [1.54, 1.807) is 12.4 Å². The van der Waals surface area contributed by atoms with Crippen molar-refractivity contribution in [2.75, 3.05) is 0 Å². The second-order valence-electron chi connectivity index (χ2n) is 9.28. The molecule has 3 aliphatic rings. The Kier molecular flexibility index (Phi) is 4.73. The number of amides is 1. The van der Waals surface area contributed by atoms with Crippen LogP contribution in [0, 0.1) is 17.8 Å². The minimum absolute atomic E-state index is 0.0596. The Hall–Kier alpha value is -2.53. The van der Waals surface area contributed by atoms with E-state index in [0.717, 1.165) is 17.7 Å². The zero-order chi connectivity index (χ0) is 20.9. The maximum Gasteiger partial charge on any atom is 0.229 e. The van der Waals surface area contributed by atoms with Gasteiger partial charge in [-0.1, -0.05) is 51.1 Å². The van der Waals surface area contributed by atoms with Gasteiger partial charge in [-0.15, -0.1) is 0 Å². The van der Waals surface area contributed by atoms with Gasteiger partial charge in [0.1, 0.15) is 0 Å². The van der Waals surface area contributed by atoms with E-state index < -0.39 is 5.72 Å². The highest BCUT2D eigenvalue weighted by atomic mass is 16.6. The standard InChI is InChI=1S/C25H29N3O2/c1-16(2)23-27-22-13-20(19-7-5-4-6-8-19)17(3)21-14-25(22,30-23)28(24(21)29)15-18-9-11-26-12-10-18/h4-12,16-17,20-21,23H,13-15H2,1-3H3/t17-,20+,21+,23-,25+/m1/s1. The third-order valence-corrected chi connectivity index (χ3v) is 7.14. The average molecular weight is 404 g/mol. The molecule has 1 saturated heterocycles. The maximum atomic E-state index is 13.7. The van der Waals surface area contributed by atoms with Gasteiger partial charge in [-0.05, 0) is 41.5 Å². The van der Waals surface area contributed by atoms with Crippen molar-refractivity contribution >= 4 is 11.6 Å². The lowest BCUT2D eigenvalue weighted by atomic mass is 9.78. The molecule has 2 aromatic rings. The van der Waals surface area contributed by atoms with Crippen molar-refractivity contribution < 1.29 is 9.53 Å². The van der Waals surface area contributed by atoms with Crippen molar-refractivity contribution in [2.45, 2.75) is 58.0 Å². The third kappa shape index (κ3) is 2.99. The lowest BCUT2D eigenvalue weighted by Crippen LogP contribution is -2.52. The lowest BCUT2D eigenvalue weighted by molar-refractivity contribution is -0.153. The summed E-state index contributed by atoms with van der Waals surface area (Å²) in [5.74, 6) is 0.906. The van der Waals surface area contributed by atoms with E-state index in [9.17, 15) is 4.79 Å². The summed E-state index contributed by atoms with van der Waals surface area (Å²) in [5.41, 5.74) is 2.70. The monoisotopic (exact) mass is 403 g/mol. The predicted molar refractivity (Wildman–Crippen MR) is 116 cm³/mol. The molecule has 5 rings (SSSR count). The summed E-state index contributed by atoms with van der Waals surface area (Å²) in [7, 11) is 0. The molecule has 1 amide bonds. The van der Waals surface area contributed by atoms with Crippen LogP contribution in [0.15, 0.2) is 59.9 Å². The molecule has 2 fully saturated rings. The summed E-state index contributed by atoms with van der Waals surface area (Å²) >= 11 is 0. The first kappa shape index (κ1) is 19.4. The van der Waals surface area contributed by atoms with Crippen molar-refractivity contribution in [1.29, 1.82) is 0 Å². The molecule has 1 saturated carbocycles. The molecule has 0 N–H and O–H groups in total. The highest BCUT2D eigenvalue weighted by Crippen LogP contribution is 2.53. The molecule has 5 nitrogen and oxygen atoms in total. The van der Waals surface area contributed by atoms with Gasteiger partial charge in [0.05, 0.1) is 5.71 Å². The zero-order valence-corrected chi connectivity index (χ0v) is 17.9. The fraction of sp³-hybridized carbons (Fsp3) is 0.480. The Balaban J connectivity index is 1.57. The quantitative estimate of drug-likeness (QED) is 0.760. The zero-order valence-electron chi connectivity index (χ0n) is 17.9. The van der Waals surface area contributed by atoms with Gasteiger partial charge in [-0.25, -0.2) is 0 Å². The molecule has 0 radical (unpaired) electrons. The van der Waals surface area contributed by atoms with E-state index in [-0.39, 0.29) is 35.8 Å². The van der Waals surface area contributed by atoms with Gasteiger partial charge in [0, 0.05) is 37.2 Å². The number of ether oxygens (including phenoxy) is 1. The number of carbonyl (C=O) groups is 1. The van der Waals surface area contributed by atoms with Gasteiger partial charge >= 0.3 is 0 Å². The summed E-state index contributed by atoms with van der Waals surface area (Å²) in [5, 5.41) is 0. The number of hydrogen-bond donors (Lipinski definition) is 0. The summed E-state index contributed by atoms with van der Waals surface area (Å²) in [6, 6.07) is 14.5. The van der Waals surface area contributed by atoms with E-state index in [1.165, 1.54) is 5.56 Å². The first-order valence-corrected chi connectivity index (χ1v) is 11.0. The van der Waals surface area contributed by atoms with Crippen molar-refractivity contribution in [3.63, 3.8) is 0 Å². The van der Waals surface area contributed by atoms with Crippen LogP contribution in [0.2, 0.25) is 0 Å². The molecule has 156 valence electrons. The van der Waals surface area contributed by atoms with Gasteiger partial charge in [0.25, 0.3) is 0 Å². The summed E-state index contributed by atoms with van der Waals surface area (Å²) in [4.78, 5) is 24.9. The molecular weight excluding hydrogens is 374 g/mol. The molecule has 3 heterocycles. The van der Waals surface area contributed by atoms with Gasteiger partial charge in [-0.3, -0.25) is 14.8 Å². The fourth-order valence-electron chi connectivity index (χ4n) is 5.39. The molecule has 5 heteroatoms. The topological polar surface area (TPSA) is 54.8 Å². The van der Waals surface area contributed by atoms with Gasteiger partial charge in [0.15, 0.2) is 12.0 Å². The third-order valence-electron chi connectivity index (χ3n) is 7.14. The van der Waals surface area contributed by atoms with Crippen LogP contribution in [0.5, 0.6) is 0 Å². The van der Waals surface area contributed by atoms with Gasteiger partial charge < -0.3 is 9.64 Å². The SMILES string of the molecule is CC(C)[C@@H]1N=C2C[C@H](c3ccccc3)[C@@H](C)[C@@H]3C[C@@]2(O1)N(Cc1ccncc1)C3=O. The molecule has 30 heavy (non-hydrogen) atoms. The van der Waals surface area contributed by atoms with Gasteiger partial charge in [0.2, 0.25) is 5.91 Å². The molecule has 0 unspecified atom stereocenters. The Bertz CT molecular complexity index is 959. The average Bonchev–Trinajstić information content (AvgIpc) is 3.22. The van der Waals surface area contributed by atoms with E-state index in [2.05, 4.69) is 50.0 Å². The molecule has 2 aliphatic heterocycles. The molecule has 5 atom stereocenters. The van der Waals surface area contributed by atoms with Crippen LogP contribution in [0.4, 0.5) is 0 Å². The fourth-order valence-corrected chi connectivity index (χ4v) is 5.39. The summed E-state index contributed by atoms with van der Waals surface area (Å²) in [6.45, 7) is 7.03. The second-order valence-corrected chi connectivity index (χ2v) is 9.28. The number of nitrogens with zero attached hydrogens (tertiary/aromatic N) is 3. The molecule has 1 aromatic carbocycles. The minimum atomic E-state index is -0.711. The first-order valence-electron chi connectivity index (χ1n) is 11.0. The van der Waals surface area contributed by atoms with Crippen LogP contribution in [0.25, 0.3) is 0 Å². The molecule has 1 spiro atoms. The Morgan fingerprint density at radius 3 is 2.57 bits per heavy atom.